The summed E-state index contributed by atoms with van der Waals surface area (Å²) in [6.07, 6.45) is 1.74. The number of hydrogen-bond acceptors (Lipinski definition) is 5. The Balaban J connectivity index is 2.23. The van der Waals surface area contributed by atoms with E-state index in [0.717, 1.165) is 0 Å². The van der Waals surface area contributed by atoms with Crippen LogP contribution in [-0.2, 0) is 14.8 Å². The summed E-state index contributed by atoms with van der Waals surface area (Å²) in [6, 6.07) is 5.46. The lowest BCUT2D eigenvalue weighted by Gasteiger charge is -2.24. The summed E-state index contributed by atoms with van der Waals surface area (Å²) in [4.78, 5) is 23.8. The Morgan fingerprint density at radius 2 is 2.17 bits per heavy atom. The minimum atomic E-state index is -3.76. The van der Waals surface area contributed by atoms with Gasteiger partial charge in [0, 0.05) is 17.9 Å². The first kappa shape index (κ1) is 18.5. The first-order valence-electron chi connectivity index (χ1n) is 7.15. The molecule has 3 N–H and O–H groups in total. The van der Waals surface area contributed by atoms with Crippen LogP contribution < -0.4 is 10.0 Å². The van der Waals surface area contributed by atoms with Crippen molar-refractivity contribution in [3.05, 3.63) is 42.5 Å². The van der Waals surface area contributed by atoms with Crippen LogP contribution in [0.25, 0.3) is 0 Å². The zero-order valence-electron chi connectivity index (χ0n) is 12.8. The van der Waals surface area contributed by atoms with Crippen LogP contribution in [0.15, 0.2) is 41.8 Å². The van der Waals surface area contributed by atoms with Crippen molar-refractivity contribution in [2.24, 2.45) is 0 Å². The molecule has 0 bridgehead atoms. The molecule has 1 aromatic rings. The fraction of sp³-hybridized carbons (Fsp3) is 0.333. The van der Waals surface area contributed by atoms with Gasteiger partial charge in [-0.25, -0.2) is 17.9 Å². The van der Waals surface area contributed by atoms with Gasteiger partial charge in [0.05, 0.1) is 4.90 Å². The Bertz CT molecular complexity index is 755. The van der Waals surface area contributed by atoms with E-state index in [2.05, 4.69) is 16.6 Å². The van der Waals surface area contributed by atoms with E-state index < -0.39 is 27.4 Å². The van der Waals surface area contributed by atoms with E-state index in [9.17, 15) is 23.1 Å². The lowest BCUT2D eigenvalue weighted by molar-refractivity contribution is -0.143. The van der Waals surface area contributed by atoms with E-state index in [0.29, 0.717) is 12.2 Å². The van der Waals surface area contributed by atoms with E-state index in [1.165, 1.54) is 42.1 Å². The van der Waals surface area contributed by atoms with Gasteiger partial charge in [-0.2, -0.15) is 11.8 Å². The van der Waals surface area contributed by atoms with Crippen LogP contribution in [0.5, 0.6) is 0 Å². The van der Waals surface area contributed by atoms with E-state index in [1.54, 1.807) is 0 Å². The third kappa shape index (κ3) is 3.97. The van der Waals surface area contributed by atoms with Crippen LogP contribution in [0, 0.1) is 0 Å². The quantitative estimate of drug-likeness (QED) is 0.613. The normalized spacial score (nSPS) is 20.5. The fourth-order valence-electron chi connectivity index (χ4n) is 2.23. The van der Waals surface area contributed by atoms with E-state index >= 15 is 0 Å². The van der Waals surface area contributed by atoms with Crippen LogP contribution in [0.2, 0.25) is 0 Å². The minimum absolute atomic E-state index is 0.0674. The maximum atomic E-state index is 12.4. The van der Waals surface area contributed by atoms with E-state index in [1.807, 2.05) is 0 Å². The molecule has 130 valence electrons. The molecule has 2 rings (SSSR count). The van der Waals surface area contributed by atoms with E-state index in [-0.39, 0.29) is 22.8 Å². The predicted octanol–water partition coefficient (Wildman–Crippen LogP) is 0.841. The number of aliphatic carboxylic acids is 1. The molecule has 1 atom stereocenters. The third-order valence-electron chi connectivity index (χ3n) is 3.61. The van der Waals surface area contributed by atoms with Crippen LogP contribution >= 0.6 is 11.8 Å². The van der Waals surface area contributed by atoms with Gasteiger partial charge in [-0.15, -0.1) is 6.58 Å². The van der Waals surface area contributed by atoms with Crippen molar-refractivity contribution < 1.29 is 23.1 Å². The molecule has 0 aliphatic carbocycles. The number of carbonyl (C=O) groups is 2. The van der Waals surface area contributed by atoms with Gasteiger partial charge in [0.15, 0.2) is 0 Å². The molecule has 0 radical (unpaired) electrons. The van der Waals surface area contributed by atoms with E-state index in [4.69, 9.17) is 0 Å². The minimum Gasteiger partial charge on any atom is -0.479 e. The van der Waals surface area contributed by atoms with Crippen LogP contribution in [-0.4, -0.2) is 49.0 Å². The van der Waals surface area contributed by atoms with Crippen LogP contribution in [0.4, 0.5) is 0 Å². The number of rotatable bonds is 7. The molecule has 1 aromatic carbocycles. The lowest BCUT2D eigenvalue weighted by Crippen LogP contribution is -2.54. The Morgan fingerprint density at radius 3 is 2.75 bits per heavy atom. The SMILES string of the molecule is C=CCNS(=O)(=O)c1cccc(C(=O)NC2(C(=O)O)CCSC2)c1. The lowest BCUT2D eigenvalue weighted by atomic mass is 9.98. The summed E-state index contributed by atoms with van der Waals surface area (Å²) in [5.74, 6) is -0.766. The monoisotopic (exact) mass is 370 g/mol. The second kappa shape index (κ2) is 7.37. The van der Waals surface area contributed by atoms with Crippen molar-refractivity contribution in [1.82, 2.24) is 10.0 Å². The molecule has 1 saturated heterocycles. The average Bonchev–Trinajstić information content (AvgIpc) is 3.03. The highest BCUT2D eigenvalue weighted by Gasteiger charge is 2.43. The number of amides is 1. The summed E-state index contributed by atoms with van der Waals surface area (Å²) in [6.45, 7) is 3.50. The molecule has 1 fully saturated rings. The van der Waals surface area contributed by atoms with Crippen molar-refractivity contribution in [3.63, 3.8) is 0 Å². The molecular formula is C15H18N2O5S2. The van der Waals surface area contributed by atoms with Gasteiger partial charge in [-0.05, 0) is 30.4 Å². The number of benzene rings is 1. The van der Waals surface area contributed by atoms with Gasteiger partial charge in [-0.1, -0.05) is 12.1 Å². The molecule has 1 heterocycles. The third-order valence-corrected chi connectivity index (χ3v) is 6.22. The standard InChI is InChI=1S/C15H18N2O5S2/c1-2-7-16-24(21,22)12-5-3-4-11(9-12)13(18)17-15(14(19)20)6-8-23-10-15/h2-5,9,16H,1,6-8,10H2,(H,17,18)(H,19,20). The van der Waals surface area contributed by atoms with Crippen molar-refractivity contribution in [1.29, 1.82) is 0 Å². The van der Waals surface area contributed by atoms with Gasteiger partial charge < -0.3 is 10.4 Å². The van der Waals surface area contributed by atoms with Gasteiger partial charge in [-0.3, -0.25) is 4.79 Å². The first-order valence-corrected chi connectivity index (χ1v) is 9.79. The second-order valence-electron chi connectivity index (χ2n) is 5.31. The van der Waals surface area contributed by atoms with Gasteiger partial charge in [0.1, 0.15) is 5.54 Å². The highest BCUT2D eigenvalue weighted by molar-refractivity contribution is 7.99. The summed E-state index contributed by atoms with van der Waals surface area (Å²) in [5, 5.41) is 11.9. The van der Waals surface area contributed by atoms with Crippen molar-refractivity contribution in [2.45, 2.75) is 16.9 Å². The number of carboxylic acid groups (broad SMARTS) is 1. The first-order chi connectivity index (χ1) is 11.3. The number of nitrogens with one attached hydrogen (secondary N) is 2. The molecular weight excluding hydrogens is 352 g/mol. The molecule has 1 amide bonds. The highest BCUT2D eigenvalue weighted by atomic mass is 32.2. The molecule has 9 heteroatoms. The smallest absolute Gasteiger partial charge is 0.330 e. The summed E-state index contributed by atoms with van der Waals surface area (Å²) in [7, 11) is -3.76. The Morgan fingerprint density at radius 1 is 1.42 bits per heavy atom. The molecule has 24 heavy (non-hydrogen) atoms. The average molecular weight is 370 g/mol. The summed E-state index contributed by atoms with van der Waals surface area (Å²) in [5.41, 5.74) is -1.22. The fourth-order valence-corrected chi connectivity index (χ4v) is 4.60. The molecule has 1 aliphatic heterocycles. The zero-order valence-corrected chi connectivity index (χ0v) is 14.5. The molecule has 0 saturated carbocycles. The molecule has 7 nitrogen and oxygen atoms in total. The van der Waals surface area contributed by atoms with Crippen molar-refractivity contribution in [2.75, 3.05) is 18.1 Å². The summed E-state index contributed by atoms with van der Waals surface area (Å²) < 4.78 is 26.5. The Hall–Kier alpha value is -1.84. The Labute approximate surface area is 144 Å². The maximum Gasteiger partial charge on any atom is 0.330 e. The molecule has 0 spiro atoms. The van der Waals surface area contributed by atoms with Crippen LogP contribution in [0.3, 0.4) is 0 Å². The zero-order chi connectivity index (χ0) is 17.8. The topological polar surface area (TPSA) is 113 Å². The van der Waals surface area contributed by atoms with Gasteiger partial charge in [0.25, 0.3) is 5.91 Å². The largest absolute Gasteiger partial charge is 0.479 e. The van der Waals surface area contributed by atoms with Crippen molar-refractivity contribution >= 4 is 33.7 Å². The predicted molar refractivity (Wildman–Crippen MR) is 91.6 cm³/mol. The number of carbonyl (C=O) groups excluding carboxylic acids is 1. The van der Waals surface area contributed by atoms with Gasteiger partial charge >= 0.3 is 5.97 Å². The van der Waals surface area contributed by atoms with Crippen LogP contribution in [0.1, 0.15) is 16.8 Å². The number of hydrogen-bond donors (Lipinski definition) is 3. The number of thioether (sulfide) groups is 1. The van der Waals surface area contributed by atoms with Crippen molar-refractivity contribution in [3.8, 4) is 0 Å². The second-order valence-corrected chi connectivity index (χ2v) is 8.18. The maximum absolute atomic E-state index is 12.4. The molecule has 1 aliphatic rings. The Kier molecular flexibility index (Phi) is 5.68. The molecule has 0 aromatic heterocycles. The highest BCUT2D eigenvalue weighted by Crippen LogP contribution is 2.28. The molecule has 1 unspecified atom stereocenters. The number of sulfonamides is 1. The van der Waals surface area contributed by atoms with Gasteiger partial charge in [0.2, 0.25) is 10.0 Å². The summed E-state index contributed by atoms with van der Waals surface area (Å²) >= 11 is 1.45. The number of carboxylic acids is 1.